The van der Waals surface area contributed by atoms with E-state index in [0.29, 0.717) is 12.6 Å². The van der Waals surface area contributed by atoms with E-state index >= 15 is 0 Å². The van der Waals surface area contributed by atoms with Gasteiger partial charge in [-0.05, 0) is 25.5 Å². The molecule has 1 fully saturated rings. The standard InChI is InChI=1S/C14H20N2O3/c1-3-12-9-19-10(2)7-16(12)8-11-5-4-6-13(15-11)14(17)18/h4-6,10,12H,3,7-9H2,1-2H3,(H,17,18). The summed E-state index contributed by atoms with van der Waals surface area (Å²) in [7, 11) is 0. The number of carboxylic acid groups (broad SMARTS) is 1. The third-order valence-electron chi connectivity index (χ3n) is 3.44. The molecule has 1 aliphatic rings. The average molecular weight is 264 g/mol. The third-order valence-corrected chi connectivity index (χ3v) is 3.44. The van der Waals surface area contributed by atoms with Crippen molar-refractivity contribution < 1.29 is 14.6 Å². The van der Waals surface area contributed by atoms with Gasteiger partial charge in [-0.3, -0.25) is 4.90 Å². The summed E-state index contributed by atoms with van der Waals surface area (Å²) in [6.07, 6.45) is 1.23. The molecule has 2 rings (SSSR count). The topological polar surface area (TPSA) is 62.7 Å². The summed E-state index contributed by atoms with van der Waals surface area (Å²) in [6.45, 7) is 6.46. The number of aromatic nitrogens is 1. The highest BCUT2D eigenvalue weighted by Crippen LogP contribution is 2.17. The van der Waals surface area contributed by atoms with Gasteiger partial charge in [-0.25, -0.2) is 9.78 Å². The predicted octanol–water partition coefficient (Wildman–Crippen LogP) is 1.78. The maximum atomic E-state index is 10.9. The number of hydrogen-bond acceptors (Lipinski definition) is 4. The van der Waals surface area contributed by atoms with Crippen LogP contribution in [-0.4, -0.2) is 46.3 Å². The van der Waals surface area contributed by atoms with Crippen molar-refractivity contribution in [1.82, 2.24) is 9.88 Å². The van der Waals surface area contributed by atoms with Crippen molar-refractivity contribution in [3.8, 4) is 0 Å². The van der Waals surface area contributed by atoms with Crippen molar-refractivity contribution in [2.75, 3.05) is 13.2 Å². The number of nitrogens with zero attached hydrogens (tertiary/aromatic N) is 2. The number of rotatable bonds is 4. The number of morpholine rings is 1. The van der Waals surface area contributed by atoms with Crippen LogP contribution in [0.25, 0.3) is 0 Å². The Morgan fingerprint density at radius 3 is 3.05 bits per heavy atom. The van der Waals surface area contributed by atoms with Crippen LogP contribution in [0.2, 0.25) is 0 Å². The first-order valence-electron chi connectivity index (χ1n) is 6.65. The number of hydrogen-bond donors (Lipinski definition) is 1. The molecule has 1 saturated heterocycles. The maximum Gasteiger partial charge on any atom is 0.354 e. The van der Waals surface area contributed by atoms with E-state index in [-0.39, 0.29) is 11.8 Å². The molecule has 0 amide bonds. The van der Waals surface area contributed by atoms with Gasteiger partial charge < -0.3 is 9.84 Å². The van der Waals surface area contributed by atoms with Crippen LogP contribution in [0.5, 0.6) is 0 Å². The highest BCUT2D eigenvalue weighted by atomic mass is 16.5. The van der Waals surface area contributed by atoms with Crippen molar-refractivity contribution in [1.29, 1.82) is 0 Å². The van der Waals surface area contributed by atoms with Gasteiger partial charge in [0.1, 0.15) is 5.69 Å². The molecule has 0 bridgehead atoms. The monoisotopic (exact) mass is 264 g/mol. The fourth-order valence-electron chi connectivity index (χ4n) is 2.38. The summed E-state index contributed by atoms with van der Waals surface area (Å²) in [5.74, 6) is -0.982. The quantitative estimate of drug-likeness (QED) is 0.898. The molecule has 1 N–H and O–H groups in total. The van der Waals surface area contributed by atoms with Crippen molar-refractivity contribution in [3.63, 3.8) is 0 Å². The van der Waals surface area contributed by atoms with E-state index < -0.39 is 5.97 Å². The van der Waals surface area contributed by atoms with Crippen molar-refractivity contribution in [2.45, 2.75) is 39.0 Å². The summed E-state index contributed by atoms with van der Waals surface area (Å²) in [5, 5.41) is 8.96. The first-order valence-corrected chi connectivity index (χ1v) is 6.65. The Labute approximate surface area is 113 Å². The Morgan fingerprint density at radius 1 is 1.58 bits per heavy atom. The maximum absolute atomic E-state index is 10.9. The SMILES string of the molecule is CCC1COC(C)CN1Cc1cccc(C(=O)O)n1. The first-order chi connectivity index (χ1) is 9.10. The van der Waals surface area contributed by atoms with Crippen LogP contribution >= 0.6 is 0 Å². The van der Waals surface area contributed by atoms with Crippen LogP contribution in [0.1, 0.15) is 36.5 Å². The van der Waals surface area contributed by atoms with Gasteiger partial charge in [0.25, 0.3) is 0 Å². The smallest absolute Gasteiger partial charge is 0.354 e. The molecule has 2 atom stereocenters. The molecule has 0 radical (unpaired) electrons. The fourth-order valence-corrected chi connectivity index (χ4v) is 2.38. The average Bonchev–Trinajstić information content (AvgIpc) is 2.39. The molecule has 1 aliphatic heterocycles. The van der Waals surface area contributed by atoms with Crippen LogP contribution in [0.15, 0.2) is 18.2 Å². The molecule has 2 heterocycles. The first kappa shape index (κ1) is 14.0. The van der Waals surface area contributed by atoms with E-state index in [1.807, 2.05) is 6.07 Å². The molecule has 1 aromatic rings. The zero-order chi connectivity index (χ0) is 13.8. The lowest BCUT2D eigenvalue weighted by atomic mass is 10.1. The minimum Gasteiger partial charge on any atom is -0.477 e. The van der Waals surface area contributed by atoms with Gasteiger partial charge in [0, 0.05) is 19.1 Å². The summed E-state index contributed by atoms with van der Waals surface area (Å²) in [5.41, 5.74) is 0.902. The summed E-state index contributed by atoms with van der Waals surface area (Å²) >= 11 is 0. The van der Waals surface area contributed by atoms with E-state index in [9.17, 15) is 4.79 Å². The number of carboxylic acids is 1. The lowest BCUT2D eigenvalue weighted by Crippen LogP contribution is -2.48. The third kappa shape index (κ3) is 3.52. The number of carbonyl (C=O) groups is 1. The molecule has 104 valence electrons. The Kier molecular flexibility index (Phi) is 4.50. The fraction of sp³-hybridized carbons (Fsp3) is 0.571. The molecule has 0 saturated carbocycles. The molecular weight excluding hydrogens is 244 g/mol. The summed E-state index contributed by atoms with van der Waals surface area (Å²) in [4.78, 5) is 17.4. The van der Waals surface area contributed by atoms with E-state index in [4.69, 9.17) is 9.84 Å². The Balaban J connectivity index is 2.10. The van der Waals surface area contributed by atoms with E-state index in [1.54, 1.807) is 6.07 Å². The van der Waals surface area contributed by atoms with Gasteiger partial charge in [0.05, 0.1) is 18.4 Å². The largest absolute Gasteiger partial charge is 0.477 e. The van der Waals surface area contributed by atoms with E-state index in [1.165, 1.54) is 6.07 Å². The van der Waals surface area contributed by atoms with Crippen LogP contribution in [0.3, 0.4) is 0 Å². The second-order valence-electron chi connectivity index (χ2n) is 4.95. The minimum atomic E-state index is -0.982. The second-order valence-corrected chi connectivity index (χ2v) is 4.95. The number of aromatic carboxylic acids is 1. The van der Waals surface area contributed by atoms with E-state index in [0.717, 1.165) is 25.3 Å². The number of pyridine rings is 1. The summed E-state index contributed by atoms with van der Waals surface area (Å²) in [6, 6.07) is 5.52. The van der Waals surface area contributed by atoms with Crippen molar-refractivity contribution in [2.24, 2.45) is 0 Å². The van der Waals surface area contributed by atoms with Gasteiger partial charge in [0.2, 0.25) is 0 Å². The number of ether oxygens (including phenoxy) is 1. The van der Waals surface area contributed by atoms with Crippen LogP contribution in [-0.2, 0) is 11.3 Å². The van der Waals surface area contributed by atoms with Gasteiger partial charge in [-0.1, -0.05) is 13.0 Å². The van der Waals surface area contributed by atoms with Gasteiger partial charge >= 0.3 is 5.97 Å². The Bertz CT molecular complexity index is 450. The van der Waals surface area contributed by atoms with Crippen LogP contribution < -0.4 is 0 Å². The minimum absolute atomic E-state index is 0.104. The van der Waals surface area contributed by atoms with Crippen molar-refractivity contribution >= 4 is 5.97 Å². The second kappa shape index (κ2) is 6.12. The van der Waals surface area contributed by atoms with Gasteiger partial charge in [0.15, 0.2) is 0 Å². The van der Waals surface area contributed by atoms with Gasteiger partial charge in [-0.2, -0.15) is 0 Å². The lowest BCUT2D eigenvalue weighted by Gasteiger charge is -2.38. The molecular formula is C14H20N2O3. The van der Waals surface area contributed by atoms with Gasteiger partial charge in [-0.15, -0.1) is 0 Å². The molecule has 2 unspecified atom stereocenters. The lowest BCUT2D eigenvalue weighted by molar-refractivity contribution is -0.0596. The van der Waals surface area contributed by atoms with Crippen LogP contribution in [0, 0.1) is 0 Å². The van der Waals surface area contributed by atoms with Crippen LogP contribution in [0.4, 0.5) is 0 Å². The molecule has 5 heteroatoms. The normalized spacial score (nSPS) is 24.3. The van der Waals surface area contributed by atoms with E-state index in [2.05, 4.69) is 23.7 Å². The molecule has 0 aromatic carbocycles. The molecule has 1 aromatic heterocycles. The predicted molar refractivity (Wildman–Crippen MR) is 71.1 cm³/mol. The Morgan fingerprint density at radius 2 is 2.37 bits per heavy atom. The summed E-state index contributed by atoms with van der Waals surface area (Å²) < 4.78 is 5.66. The molecule has 0 aliphatic carbocycles. The highest BCUT2D eigenvalue weighted by molar-refractivity contribution is 5.85. The molecule has 19 heavy (non-hydrogen) atoms. The zero-order valence-electron chi connectivity index (χ0n) is 11.4. The Hall–Kier alpha value is -1.46. The molecule has 0 spiro atoms. The molecule has 5 nitrogen and oxygen atoms in total. The highest BCUT2D eigenvalue weighted by Gasteiger charge is 2.25. The zero-order valence-corrected chi connectivity index (χ0v) is 11.4. The van der Waals surface area contributed by atoms with Crippen molar-refractivity contribution in [3.05, 3.63) is 29.6 Å².